The largest absolute Gasteiger partial charge is 0.395 e. The standard InChI is InChI=1S/C10H13F2NO/c1-7-9(11)5-8(6-10(7)12)13(2)3-4-14/h5-6,14H,3-4H2,1-2H3. The summed E-state index contributed by atoms with van der Waals surface area (Å²) >= 11 is 0. The molecule has 78 valence electrons. The van der Waals surface area contributed by atoms with Crippen molar-refractivity contribution in [3.63, 3.8) is 0 Å². The fraction of sp³-hybridized carbons (Fsp3) is 0.400. The molecule has 0 heterocycles. The van der Waals surface area contributed by atoms with E-state index in [-0.39, 0.29) is 12.2 Å². The summed E-state index contributed by atoms with van der Waals surface area (Å²) in [6.07, 6.45) is 0. The molecule has 0 spiro atoms. The molecule has 0 aromatic heterocycles. The van der Waals surface area contributed by atoms with Crippen LogP contribution in [0.25, 0.3) is 0 Å². The number of hydrogen-bond donors (Lipinski definition) is 1. The topological polar surface area (TPSA) is 23.5 Å². The first kappa shape index (κ1) is 10.9. The maximum Gasteiger partial charge on any atom is 0.131 e. The number of aliphatic hydroxyl groups is 1. The highest BCUT2D eigenvalue weighted by Crippen LogP contribution is 2.20. The zero-order chi connectivity index (χ0) is 10.7. The van der Waals surface area contributed by atoms with Crippen molar-refractivity contribution < 1.29 is 13.9 Å². The van der Waals surface area contributed by atoms with Crippen LogP contribution in [0.3, 0.4) is 0 Å². The molecule has 14 heavy (non-hydrogen) atoms. The van der Waals surface area contributed by atoms with Crippen LogP contribution in [0, 0.1) is 18.6 Å². The molecule has 0 aliphatic rings. The van der Waals surface area contributed by atoms with Crippen LogP contribution in [0.1, 0.15) is 5.56 Å². The summed E-state index contributed by atoms with van der Waals surface area (Å²) in [5.41, 5.74) is 0.450. The average molecular weight is 201 g/mol. The Morgan fingerprint density at radius 1 is 1.29 bits per heavy atom. The number of rotatable bonds is 3. The van der Waals surface area contributed by atoms with E-state index in [1.807, 2.05) is 0 Å². The van der Waals surface area contributed by atoms with Gasteiger partial charge in [-0.25, -0.2) is 8.78 Å². The first-order valence-electron chi connectivity index (χ1n) is 4.34. The minimum atomic E-state index is -0.565. The van der Waals surface area contributed by atoms with Gasteiger partial charge >= 0.3 is 0 Å². The molecule has 0 unspecified atom stereocenters. The van der Waals surface area contributed by atoms with Crippen LogP contribution >= 0.6 is 0 Å². The first-order valence-corrected chi connectivity index (χ1v) is 4.34. The van der Waals surface area contributed by atoms with Gasteiger partial charge in [-0.05, 0) is 19.1 Å². The van der Waals surface area contributed by atoms with Crippen molar-refractivity contribution in [1.82, 2.24) is 0 Å². The number of nitrogens with zero attached hydrogens (tertiary/aromatic N) is 1. The third-order valence-electron chi connectivity index (χ3n) is 2.14. The molecule has 1 aromatic rings. The van der Waals surface area contributed by atoms with E-state index in [0.29, 0.717) is 12.2 Å². The second kappa shape index (κ2) is 4.37. The molecule has 0 aliphatic carbocycles. The third kappa shape index (κ3) is 2.20. The summed E-state index contributed by atoms with van der Waals surface area (Å²) in [7, 11) is 1.67. The lowest BCUT2D eigenvalue weighted by molar-refractivity contribution is 0.304. The summed E-state index contributed by atoms with van der Waals surface area (Å²) in [6, 6.07) is 2.52. The Morgan fingerprint density at radius 2 is 1.79 bits per heavy atom. The molecule has 0 atom stereocenters. The number of aliphatic hydroxyl groups excluding tert-OH is 1. The number of anilines is 1. The van der Waals surface area contributed by atoms with Gasteiger partial charge < -0.3 is 10.0 Å². The van der Waals surface area contributed by atoms with Crippen molar-refractivity contribution >= 4 is 5.69 Å². The molecule has 0 aliphatic heterocycles. The quantitative estimate of drug-likeness (QED) is 0.804. The summed E-state index contributed by atoms with van der Waals surface area (Å²) in [6.45, 7) is 1.69. The monoisotopic (exact) mass is 201 g/mol. The molecule has 2 nitrogen and oxygen atoms in total. The maximum absolute atomic E-state index is 13.1. The van der Waals surface area contributed by atoms with Crippen LogP contribution in [-0.4, -0.2) is 25.3 Å². The zero-order valence-electron chi connectivity index (χ0n) is 8.22. The molecular formula is C10H13F2NO. The molecule has 1 N–H and O–H groups in total. The highest BCUT2D eigenvalue weighted by atomic mass is 19.1. The predicted octanol–water partition coefficient (Wildman–Crippen LogP) is 1.70. The molecule has 0 fully saturated rings. The lowest BCUT2D eigenvalue weighted by Crippen LogP contribution is -2.21. The summed E-state index contributed by atoms with van der Waals surface area (Å²) < 4.78 is 26.2. The van der Waals surface area contributed by atoms with Crippen molar-refractivity contribution in [2.24, 2.45) is 0 Å². The van der Waals surface area contributed by atoms with E-state index in [4.69, 9.17) is 5.11 Å². The van der Waals surface area contributed by atoms with Crippen molar-refractivity contribution in [3.8, 4) is 0 Å². The molecule has 4 heteroatoms. The fourth-order valence-corrected chi connectivity index (χ4v) is 1.13. The van der Waals surface area contributed by atoms with Gasteiger partial charge in [-0.3, -0.25) is 0 Å². The Balaban J connectivity index is 3.00. The predicted molar refractivity (Wildman–Crippen MR) is 51.5 cm³/mol. The molecule has 0 saturated carbocycles. The van der Waals surface area contributed by atoms with Crippen molar-refractivity contribution in [3.05, 3.63) is 29.3 Å². The molecular weight excluding hydrogens is 188 g/mol. The number of halogens is 2. The Labute approximate surface area is 81.8 Å². The fourth-order valence-electron chi connectivity index (χ4n) is 1.13. The van der Waals surface area contributed by atoms with E-state index in [1.165, 1.54) is 19.1 Å². The second-order valence-electron chi connectivity index (χ2n) is 3.18. The van der Waals surface area contributed by atoms with E-state index in [0.717, 1.165) is 0 Å². The lowest BCUT2D eigenvalue weighted by Gasteiger charge is -2.18. The van der Waals surface area contributed by atoms with Gasteiger partial charge in [0.2, 0.25) is 0 Å². The summed E-state index contributed by atoms with van der Waals surface area (Å²) in [4.78, 5) is 1.59. The molecule has 0 bridgehead atoms. The van der Waals surface area contributed by atoms with Gasteiger partial charge in [0.1, 0.15) is 11.6 Å². The smallest absolute Gasteiger partial charge is 0.131 e. The second-order valence-corrected chi connectivity index (χ2v) is 3.18. The summed E-state index contributed by atoms with van der Waals surface area (Å²) in [5.74, 6) is -1.13. The molecule has 0 saturated heterocycles. The molecule has 1 aromatic carbocycles. The minimum absolute atomic E-state index is 0.0196. The van der Waals surface area contributed by atoms with Gasteiger partial charge in [0.25, 0.3) is 0 Å². The van der Waals surface area contributed by atoms with Crippen molar-refractivity contribution in [2.75, 3.05) is 25.1 Å². The number of likely N-dealkylation sites (N-methyl/N-ethyl adjacent to an activating group) is 1. The van der Waals surface area contributed by atoms with E-state index in [1.54, 1.807) is 11.9 Å². The SMILES string of the molecule is Cc1c(F)cc(N(C)CCO)cc1F. The van der Waals surface area contributed by atoms with Crippen LogP contribution in [0.5, 0.6) is 0 Å². The van der Waals surface area contributed by atoms with Gasteiger partial charge in [-0.1, -0.05) is 0 Å². The molecule has 1 rings (SSSR count). The minimum Gasteiger partial charge on any atom is -0.395 e. The van der Waals surface area contributed by atoms with Crippen molar-refractivity contribution in [1.29, 1.82) is 0 Å². The number of hydrogen-bond acceptors (Lipinski definition) is 2. The molecule has 0 radical (unpaired) electrons. The third-order valence-corrected chi connectivity index (χ3v) is 2.14. The van der Waals surface area contributed by atoms with E-state index < -0.39 is 11.6 Å². The zero-order valence-corrected chi connectivity index (χ0v) is 8.22. The number of benzene rings is 1. The summed E-state index contributed by atoms with van der Waals surface area (Å²) in [5, 5.41) is 8.66. The van der Waals surface area contributed by atoms with Crippen LogP contribution < -0.4 is 4.90 Å². The van der Waals surface area contributed by atoms with Crippen LogP contribution in [-0.2, 0) is 0 Å². The Kier molecular flexibility index (Phi) is 3.41. The van der Waals surface area contributed by atoms with E-state index >= 15 is 0 Å². The van der Waals surface area contributed by atoms with E-state index in [9.17, 15) is 8.78 Å². The van der Waals surface area contributed by atoms with Gasteiger partial charge in [0.05, 0.1) is 6.61 Å². The first-order chi connectivity index (χ1) is 6.56. The van der Waals surface area contributed by atoms with Gasteiger partial charge in [-0.15, -0.1) is 0 Å². The van der Waals surface area contributed by atoms with Gasteiger partial charge in [-0.2, -0.15) is 0 Å². The normalized spacial score (nSPS) is 10.4. The van der Waals surface area contributed by atoms with Crippen LogP contribution in [0.4, 0.5) is 14.5 Å². The Bertz CT molecular complexity index is 305. The highest BCUT2D eigenvalue weighted by Gasteiger charge is 2.08. The lowest BCUT2D eigenvalue weighted by atomic mass is 10.2. The van der Waals surface area contributed by atoms with Crippen molar-refractivity contribution in [2.45, 2.75) is 6.92 Å². The van der Waals surface area contributed by atoms with Gasteiger partial charge in [0, 0.05) is 24.8 Å². The Morgan fingerprint density at radius 3 is 2.21 bits per heavy atom. The molecule has 0 amide bonds. The van der Waals surface area contributed by atoms with Crippen LogP contribution in [0.2, 0.25) is 0 Å². The van der Waals surface area contributed by atoms with Crippen LogP contribution in [0.15, 0.2) is 12.1 Å². The maximum atomic E-state index is 13.1. The average Bonchev–Trinajstić information content (AvgIpc) is 2.13. The highest BCUT2D eigenvalue weighted by molar-refractivity contribution is 5.47. The van der Waals surface area contributed by atoms with Gasteiger partial charge in [0.15, 0.2) is 0 Å². The van der Waals surface area contributed by atoms with E-state index in [2.05, 4.69) is 0 Å². The Hall–Kier alpha value is -1.16.